The summed E-state index contributed by atoms with van der Waals surface area (Å²) in [5, 5.41) is 9.01. The van der Waals surface area contributed by atoms with Crippen LogP contribution in [-0.4, -0.2) is 48.4 Å². The molecule has 4 rings (SSSR count). The third-order valence-corrected chi connectivity index (χ3v) is 6.84. The average molecular weight is 532 g/mol. The number of benzene rings is 1. The lowest BCUT2D eigenvalue weighted by atomic mass is 9.93. The molecule has 0 bridgehead atoms. The zero-order valence-electron chi connectivity index (χ0n) is 18.4. The lowest BCUT2D eigenvalue weighted by Crippen LogP contribution is -2.69. The van der Waals surface area contributed by atoms with E-state index in [4.69, 9.17) is 0 Å². The van der Waals surface area contributed by atoms with Crippen molar-refractivity contribution in [2.75, 3.05) is 22.7 Å². The van der Waals surface area contributed by atoms with Crippen LogP contribution in [0.1, 0.15) is 11.1 Å². The Morgan fingerprint density at radius 1 is 0.944 bits per heavy atom. The standard InChI is InChI=1S/C22H18F6N4O3S/c1-13-5-2-3-6-14(13)19-15(21(23,24)25)9-10-16(29-19)31-36(34,35)18-8-4-7-17(30-18)32-11-20(33,12-32)22(26,27)28/h2-10,33H,11-12H2,1H3,(H,29,31). The van der Waals surface area contributed by atoms with Gasteiger partial charge in [-0.25, -0.2) is 9.97 Å². The number of alkyl halides is 6. The Bertz CT molecular complexity index is 1400. The highest BCUT2D eigenvalue weighted by Crippen LogP contribution is 2.40. The van der Waals surface area contributed by atoms with Gasteiger partial charge in [0.2, 0.25) is 0 Å². The van der Waals surface area contributed by atoms with Crippen molar-refractivity contribution in [2.45, 2.75) is 29.9 Å². The first kappa shape index (κ1) is 25.7. The van der Waals surface area contributed by atoms with Gasteiger partial charge in [-0.15, -0.1) is 0 Å². The van der Waals surface area contributed by atoms with Crippen molar-refractivity contribution >= 4 is 21.7 Å². The van der Waals surface area contributed by atoms with Crippen molar-refractivity contribution in [1.82, 2.24) is 9.97 Å². The van der Waals surface area contributed by atoms with Crippen molar-refractivity contribution in [3.8, 4) is 11.3 Å². The number of anilines is 2. The van der Waals surface area contributed by atoms with Crippen molar-refractivity contribution in [2.24, 2.45) is 0 Å². The number of hydrogen-bond acceptors (Lipinski definition) is 6. The van der Waals surface area contributed by atoms with E-state index in [0.717, 1.165) is 17.0 Å². The first-order valence-corrected chi connectivity index (χ1v) is 11.8. The van der Waals surface area contributed by atoms with Crippen LogP contribution in [0.3, 0.4) is 0 Å². The Hall–Kier alpha value is -3.39. The molecule has 2 N–H and O–H groups in total. The largest absolute Gasteiger partial charge is 0.420 e. The van der Waals surface area contributed by atoms with Gasteiger partial charge in [0.05, 0.1) is 24.3 Å². The molecule has 36 heavy (non-hydrogen) atoms. The van der Waals surface area contributed by atoms with Crippen molar-refractivity contribution in [3.63, 3.8) is 0 Å². The van der Waals surface area contributed by atoms with Gasteiger partial charge in [0.1, 0.15) is 11.6 Å². The summed E-state index contributed by atoms with van der Waals surface area (Å²) in [5.74, 6) is -0.545. The molecular weight excluding hydrogens is 514 g/mol. The summed E-state index contributed by atoms with van der Waals surface area (Å²) in [5.41, 5.74) is -3.83. The number of sulfonamides is 1. The molecule has 0 radical (unpaired) electrons. The fraction of sp³-hybridized carbons (Fsp3) is 0.273. The molecule has 0 aliphatic carbocycles. The molecule has 3 heterocycles. The van der Waals surface area contributed by atoms with Gasteiger partial charge in [-0.1, -0.05) is 30.3 Å². The number of aliphatic hydroxyl groups is 1. The van der Waals surface area contributed by atoms with E-state index in [0.29, 0.717) is 11.6 Å². The molecule has 0 atom stereocenters. The van der Waals surface area contributed by atoms with E-state index in [-0.39, 0.29) is 11.4 Å². The van der Waals surface area contributed by atoms with Gasteiger partial charge in [-0.3, -0.25) is 4.72 Å². The van der Waals surface area contributed by atoms with Gasteiger partial charge in [-0.2, -0.15) is 34.8 Å². The van der Waals surface area contributed by atoms with E-state index in [1.165, 1.54) is 24.3 Å². The van der Waals surface area contributed by atoms with Crippen LogP contribution in [0.2, 0.25) is 0 Å². The zero-order chi connectivity index (χ0) is 26.5. The summed E-state index contributed by atoms with van der Waals surface area (Å²) < 4.78 is 107. The maximum absolute atomic E-state index is 13.6. The number of β-amino-alcohol motifs (C(OH)–C–C–N with tert-alkyl or cyclic N) is 1. The number of rotatable bonds is 5. The molecule has 1 aliphatic rings. The van der Waals surface area contributed by atoms with Crippen LogP contribution >= 0.6 is 0 Å². The molecule has 192 valence electrons. The van der Waals surface area contributed by atoms with E-state index in [2.05, 4.69) is 14.7 Å². The minimum absolute atomic E-state index is 0.132. The van der Waals surface area contributed by atoms with E-state index in [1.54, 1.807) is 19.1 Å². The fourth-order valence-electron chi connectivity index (χ4n) is 3.63. The van der Waals surface area contributed by atoms with Crippen molar-refractivity contribution in [3.05, 3.63) is 65.7 Å². The first-order valence-electron chi connectivity index (χ1n) is 10.3. The highest BCUT2D eigenvalue weighted by molar-refractivity contribution is 7.92. The van der Waals surface area contributed by atoms with Crippen LogP contribution < -0.4 is 9.62 Å². The quantitative estimate of drug-likeness (QED) is 0.474. The molecule has 3 aromatic rings. The van der Waals surface area contributed by atoms with E-state index < -0.39 is 63.2 Å². The van der Waals surface area contributed by atoms with Gasteiger partial charge in [0.15, 0.2) is 10.6 Å². The molecule has 1 saturated heterocycles. The molecule has 1 aliphatic heterocycles. The number of aryl methyl sites for hydroxylation is 1. The average Bonchev–Trinajstić information content (AvgIpc) is 2.75. The molecule has 0 saturated carbocycles. The molecule has 0 amide bonds. The van der Waals surface area contributed by atoms with Crippen LogP contribution in [0.15, 0.2) is 59.6 Å². The summed E-state index contributed by atoms with van der Waals surface area (Å²) in [4.78, 5) is 8.80. The predicted molar refractivity (Wildman–Crippen MR) is 118 cm³/mol. The third-order valence-electron chi connectivity index (χ3n) is 5.58. The monoisotopic (exact) mass is 532 g/mol. The Balaban J connectivity index is 1.64. The second-order valence-corrected chi connectivity index (χ2v) is 9.86. The molecule has 1 aromatic carbocycles. The maximum atomic E-state index is 13.6. The summed E-state index contributed by atoms with van der Waals surface area (Å²) in [6.07, 6.45) is -9.62. The molecule has 0 unspecified atom stereocenters. The highest BCUT2D eigenvalue weighted by atomic mass is 32.2. The van der Waals surface area contributed by atoms with Gasteiger partial charge in [0.25, 0.3) is 10.0 Å². The SMILES string of the molecule is Cc1ccccc1-c1nc(NS(=O)(=O)c2cccc(N3CC(O)(C(F)(F)F)C3)n2)ccc1C(F)(F)F. The minimum Gasteiger partial charge on any atom is -0.378 e. The summed E-state index contributed by atoms with van der Waals surface area (Å²) >= 11 is 0. The van der Waals surface area contributed by atoms with Crippen LogP contribution in [0.25, 0.3) is 11.3 Å². The van der Waals surface area contributed by atoms with Crippen LogP contribution in [0.5, 0.6) is 0 Å². The highest BCUT2D eigenvalue weighted by Gasteiger charge is 2.61. The number of hydrogen-bond donors (Lipinski definition) is 2. The van der Waals surface area contributed by atoms with Crippen LogP contribution in [0, 0.1) is 6.92 Å². The number of halogens is 6. The Kier molecular flexibility index (Phi) is 6.15. The topological polar surface area (TPSA) is 95.4 Å². The molecule has 7 nitrogen and oxygen atoms in total. The smallest absolute Gasteiger partial charge is 0.378 e. The molecule has 14 heteroatoms. The second-order valence-electron chi connectivity index (χ2n) is 8.23. The predicted octanol–water partition coefficient (Wildman–Crippen LogP) is 4.39. The normalized spacial score (nSPS) is 15.9. The third kappa shape index (κ3) is 4.82. The Morgan fingerprint density at radius 2 is 1.61 bits per heavy atom. The Labute approximate surface area is 201 Å². The number of nitrogens with zero attached hydrogens (tertiary/aromatic N) is 3. The van der Waals surface area contributed by atoms with Crippen molar-refractivity contribution in [1.29, 1.82) is 0 Å². The molecule has 2 aromatic heterocycles. The molecular formula is C22H18F6N4O3S. The van der Waals surface area contributed by atoms with E-state index in [1.807, 2.05) is 0 Å². The number of pyridine rings is 2. The van der Waals surface area contributed by atoms with E-state index >= 15 is 0 Å². The van der Waals surface area contributed by atoms with Crippen LogP contribution in [-0.2, 0) is 16.2 Å². The fourth-order valence-corrected chi connectivity index (χ4v) is 4.60. The summed E-state index contributed by atoms with van der Waals surface area (Å²) in [6, 6.07) is 11.3. The molecule has 1 fully saturated rings. The zero-order valence-corrected chi connectivity index (χ0v) is 19.2. The van der Waals surface area contributed by atoms with E-state index in [9.17, 15) is 39.9 Å². The van der Waals surface area contributed by atoms with Gasteiger partial charge >= 0.3 is 12.4 Å². The lowest BCUT2D eigenvalue weighted by molar-refractivity contribution is -0.267. The van der Waals surface area contributed by atoms with Gasteiger partial charge < -0.3 is 10.0 Å². The maximum Gasteiger partial charge on any atom is 0.420 e. The summed E-state index contributed by atoms with van der Waals surface area (Å²) in [6.45, 7) is -0.0829. The number of nitrogens with one attached hydrogen (secondary N) is 1. The van der Waals surface area contributed by atoms with Crippen LogP contribution in [0.4, 0.5) is 38.0 Å². The van der Waals surface area contributed by atoms with Gasteiger partial charge in [0, 0.05) is 5.56 Å². The second kappa shape index (κ2) is 8.62. The minimum atomic E-state index is -4.86. The number of aromatic nitrogens is 2. The molecule has 0 spiro atoms. The lowest BCUT2D eigenvalue weighted by Gasteiger charge is -2.47. The first-order chi connectivity index (χ1) is 16.6. The Morgan fingerprint density at radius 3 is 2.22 bits per heavy atom. The van der Waals surface area contributed by atoms with Gasteiger partial charge in [-0.05, 0) is 36.8 Å². The van der Waals surface area contributed by atoms with Crippen molar-refractivity contribution < 1.29 is 39.9 Å². The summed E-state index contributed by atoms with van der Waals surface area (Å²) in [7, 11) is -4.48.